The number of nitrogen functional groups attached to an aromatic ring is 1. The summed E-state index contributed by atoms with van der Waals surface area (Å²) in [7, 11) is 0. The lowest BCUT2D eigenvalue weighted by Crippen LogP contribution is -2.12. The molecule has 0 fully saturated rings. The van der Waals surface area contributed by atoms with Crippen molar-refractivity contribution in [3.8, 4) is 5.75 Å². The second-order valence-electron chi connectivity index (χ2n) is 4.33. The van der Waals surface area contributed by atoms with Gasteiger partial charge in [0.05, 0.1) is 21.3 Å². The van der Waals surface area contributed by atoms with Crippen LogP contribution in [0.5, 0.6) is 5.75 Å². The highest BCUT2D eigenvalue weighted by atomic mass is 35.5. The van der Waals surface area contributed by atoms with Crippen LogP contribution in [0.1, 0.15) is 15.9 Å². The van der Waals surface area contributed by atoms with E-state index >= 15 is 0 Å². The van der Waals surface area contributed by atoms with Crippen molar-refractivity contribution >= 4 is 40.5 Å². The molecule has 20 heavy (non-hydrogen) atoms. The maximum atomic E-state index is 12.1. The summed E-state index contributed by atoms with van der Waals surface area (Å²) in [5.74, 6) is -0.552. The van der Waals surface area contributed by atoms with Crippen molar-refractivity contribution in [3.05, 3.63) is 51.5 Å². The van der Waals surface area contributed by atoms with E-state index in [1.807, 2.05) is 6.92 Å². The highest BCUT2D eigenvalue weighted by Gasteiger charge is 2.13. The lowest BCUT2D eigenvalue weighted by Gasteiger charge is -2.10. The molecule has 0 bridgehead atoms. The van der Waals surface area contributed by atoms with Crippen LogP contribution < -0.4 is 11.1 Å². The predicted molar refractivity (Wildman–Crippen MR) is 81.7 cm³/mol. The van der Waals surface area contributed by atoms with E-state index in [0.717, 1.165) is 5.56 Å². The van der Waals surface area contributed by atoms with E-state index in [1.54, 1.807) is 12.1 Å². The molecule has 6 heteroatoms. The van der Waals surface area contributed by atoms with E-state index in [9.17, 15) is 9.90 Å². The van der Waals surface area contributed by atoms with Crippen LogP contribution in [0.3, 0.4) is 0 Å². The van der Waals surface area contributed by atoms with Crippen LogP contribution in [0.25, 0.3) is 0 Å². The van der Waals surface area contributed by atoms with Crippen molar-refractivity contribution in [2.24, 2.45) is 0 Å². The SMILES string of the molecule is Cc1ccc(O)c(C(=O)Nc2cc(Cl)c(N)c(Cl)c2)c1. The van der Waals surface area contributed by atoms with Crippen LogP contribution in [0, 0.1) is 6.92 Å². The zero-order valence-electron chi connectivity index (χ0n) is 10.6. The van der Waals surface area contributed by atoms with Crippen molar-refractivity contribution in [2.45, 2.75) is 6.92 Å². The summed E-state index contributed by atoms with van der Waals surface area (Å²) in [5, 5.41) is 12.8. The molecule has 1 amide bonds. The highest BCUT2D eigenvalue weighted by molar-refractivity contribution is 6.39. The number of benzene rings is 2. The Hall–Kier alpha value is -1.91. The number of halogens is 2. The van der Waals surface area contributed by atoms with Crippen LogP contribution in [0.2, 0.25) is 10.0 Å². The molecule has 2 rings (SSSR count). The Bertz CT molecular complexity index is 664. The molecule has 0 aromatic heterocycles. The van der Waals surface area contributed by atoms with Crippen LogP contribution in [-0.2, 0) is 0 Å². The first-order chi connectivity index (χ1) is 9.38. The van der Waals surface area contributed by atoms with Crippen molar-refractivity contribution < 1.29 is 9.90 Å². The molecule has 0 saturated carbocycles. The average molecular weight is 311 g/mol. The number of nitrogens with one attached hydrogen (secondary N) is 1. The summed E-state index contributed by atoms with van der Waals surface area (Å²) in [6, 6.07) is 7.75. The number of rotatable bonds is 2. The van der Waals surface area contributed by atoms with Crippen LogP contribution in [-0.4, -0.2) is 11.0 Å². The van der Waals surface area contributed by atoms with Gasteiger partial charge in [-0.3, -0.25) is 4.79 Å². The minimum Gasteiger partial charge on any atom is -0.507 e. The standard InChI is InChI=1S/C14H12Cl2N2O2/c1-7-2-3-12(19)9(4-7)14(20)18-8-5-10(15)13(17)11(16)6-8/h2-6,19H,17H2,1H3,(H,18,20). The van der Waals surface area contributed by atoms with Crippen molar-refractivity contribution in [1.82, 2.24) is 0 Å². The molecular weight excluding hydrogens is 299 g/mol. The summed E-state index contributed by atoms with van der Waals surface area (Å²) in [6.07, 6.45) is 0. The molecule has 0 atom stereocenters. The number of hydrogen-bond acceptors (Lipinski definition) is 3. The van der Waals surface area contributed by atoms with E-state index in [-0.39, 0.29) is 27.0 Å². The molecule has 4 N–H and O–H groups in total. The van der Waals surface area contributed by atoms with Gasteiger partial charge in [-0.05, 0) is 31.2 Å². The number of hydrogen-bond donors (Lipinski definition) is 3. The van der Waals surface area contributed by atoms with Gasteiger partial charge in [-0.2, -0.15) is 0 Å². The normalized spacial score (nSPS) is 10.3. The second kappa shape index (κ2) is 5.61. The third kappa shape index (κ3) is 2.98. The fraction of sp³-hybridized carbons (Fsp3) is 0.0714. The second-order valence-corrected chi connectivity index (χ2v) is 5.14. The minimum absolute atomic E-state index is 0.0965. The molecule has 0 unspecified atom stereocenters. The first-order valence-electron chi connectivity index (χ1n) is 5.74. The summed E-state index contributed by atoms with van der Waals surface area (Å²) in [6.45, 7) is 1.83. The Labute approximate surface area is 126 Å². The van der Waals surface area contributed by atoms with Crippen molar-refractivity contribution in [3.63, 3.8) is 0 Å². The fourth-order valence-electron chi connectivity index (χ4n) is 1.69. The zero-order valence-corrected chi connectivity index (χ0v) is 12.1. The van der Waals surface area contributed by atoms with Gasteiger partial charge in [0.15, 0.2) is 0 Å². The van der Waals surface area contributed by atoms with Gasteiger partial charge in [0.2, 0.25) is 0 Å². The molecule has 0 aliphatic heterocycles. The van der Waals surface area contributed by atoms with E-state index in [2.05, 4.69) is 5.32 Å². The van der Waals surface area contributed by atoms with Gasteiger partial charge in [-0.1, -0.05) is 34.8 Å². The number of carbonyl (C=O) groups excluding carboxylic acids is 1. The number of anilines is 2. The van der Waals surface area contributed by atoms with E-state index in [0.29, 0.717) is 5.69 Å². The minimum atomic E-state index is -0.455. The van der Waals surface area contributed by atoms with Gasteiger partial charge < -0.3 is 16.2 Å². The predicted octanol–water partition coefficient (Wildman–Crippen LogP) is 3.84. The Morgan fingerprint density at radius 3 is 2.40 bits per heavy atom. The maximum Gasteiger partial charge on any atom is 0.259 e. The third-order valence-corrected chi connectivity index (χ3v) is 3.36. The molecule has 2 aromatic carbocycles. The van der Waals surface area contributed by atoms with Crippen LogP contribution in [0.15, 0.2) is 30.3 Å². The quantitative estimate of drug-likeness (QED) is 0.738. The number of amides is 1. The van der Waals surface area contributed by atoms with Crippen LogP contribution >= 0.6 is 23.2 Å². The Morgan fingerprint density at radius 2 is 1.80 bits per heavy atom. The van der Waals surface area contributed by atoms with E-state index in [4.69, 9.17) is 28.9 Å². The molecule has 104 valence electrons. The molecule has 0 heterocycles. The monoisotopic (exact) mass is 310 g/mol. The largest absolute Gasteiger partial charge is 0.507 e. The number of phenolic OH excluding ortho intramolecular Hbond substituents is 1. The number of phenols is 1. The van der Waals surface area contributed by atoms with Crippen molar-refractivity contribution in [2.75, 3.05) is 11.1 Å². The van der Waals surface area contributed by atoms with Gasteiger partial charge in [-0.15, -0.1) is 0 Å². The van der Waals surface area contributed by atoms with Crippen molar-refractivity contribution in [1.29, 1.82) is 0 Å². The number of aromatic hydroxyl groups is 1. The summed E-state index contributed by atoms with van der Waals surface area (Å²) < 4.78 is 0. The first-order valence-corrected chi connectivity index (χ1v) is 6.49. The molecule has 0 saturated heterocycles. The zero-order chi connectivity index (χ0) is 14.9. The molecule has 0 radical (unpaired) electrons. The maximum absolute atomic E-state index is 12.1. The Balaban J connectivity index is 2.30. The average Bonchev–Trinajstić information content (AvgIpc) is 2.38. The van der Waals surface area contributed by atoms with Gasteiger partial charge in [0.1, 0.15) is 5.75 Å². The summed E-state index contributed by atoms with van der Waals surface area (Å²) >= 11 is 11.8. The Kier molecular flexibility index (Phi) is 4.06. The molecule has 0 spiro atoms. The number of nitrogens with two attached hydrogens (primary N) is 1. The Morgan fingerprint density at radius 1 is 1.20 bits per heavy atom. The lowest BCUT2D eigenvalue weighted by molar-refractivity contribution is 0.102. The van der Waals surface area contributed by atoms with Gasteiger partial charge in [0.25, 0.3) is 5.91 Å². The van der Waals surface area contributed by atoms with Gasteiger partial charge >= 0.3 is 0 Å². The topological polar surface area (TPSA) is 75.3 Å². The van der Waals surface area contributed by atoms with Gasteiger partial charge in [0, 0.05) is 5.69 Å². The molecule has 0 aliphatic carbocycles. The third-order valence-electron chi connectivity index (χ3n) is 2.73. The molecular formula is C14H12Cl2N2O2. The number of aryl methyl sites for hydroxylation is 1. The van der Waals surface area contributed by atoms with Crippen LogP contribution in [0.4, 0.5) is 11.4 Å². The molecule has 2 aromatic rings. The first kappa shape index (κ1) is 14.5. The number of carbonyl (C=O) groups is 1. The lowest BCUT2D eigenvalue weighted by atomic mass is 10.1. The van der Waals surface area contributed by atoms with E-state index in [1.165, 1.54) is 18.2 Å². The molecule has 0 aliphatic rings. The van der Waals surface area contributed by atoms with Gasteiger partial charge in [-0.25, -0.2) is 0 Å². The summed E-state index contributed by atoms with van der Waals surface area (Å²) in [5.41, 5.74) is 7.31. The fourth-order valence-corrected chi connectivity index (χ4v) is 2.17. The smallest absolute Gasteiger partial charge is 0.259 e. The summed E-state index contributed by atoms with van der Waals surface area (Å²) in [4.78, 5) is 12.1. The molecule has 4 nitrogen and oxygen atoms in total. The van der Waals surface area contributed by atoms with E-state index < -0.39 is 5.91 Å². The highest BCUT2D eigenvalue weighted by Crippen LogP contribution is 2.31.